The summed E-state index contributed by atoms with van der Waals surface area (Å²) in [6, 6.07) is 11.6. The lowest BCUT2D eigenvalue weighted by molar-refractivity contribution is -0.116. The van der Waals surface area contributed by atoms with Gasteiger partial charge in [-0.15, -0.1) is 24.0 Å². The summed E-state index contributed by atoms with van der Waals surface area (Å²) in [7, 11) is 6.60. The van der Waals surface area contributed by atoms with Crippen molar-refractivity contribution < 1.29 is 19.0 Å². The van der Waals surface area contributed by atoms with Crippen molar-refractivity contribution in [3.05, 3.63) is 47.5 Å². The molecule has 0 spiro atoms. The maximum absolute atomic E-state index is 12.0. The van der Waals surface area contributed by atoms with Crippen LogP contribution in [0.25, 0.3) is 0 Å². The Morgan fingerprint density at radius 1 is 1.09 bits per heavy atom. The van der Waals surface area contributed by atoms with E-state index in [0.29, 0.717) is 49.1 Å². The first-order valence-corrected chi connectivity index (χ1v) is 10.2. The average molecular weight is 554 g/mol. The highest BCUT2D eigenvalue weighted by molar-refractivity contribution is 14.0. The summed E-state index contributed by atoms with van der Waals surface area (Å²) in [6.45, 7) is 1.24. The van der Waals surface area contributed by atoms with E-state index in [-0.39, 0.29) is 35.8 Å². The zero-order chi connectivity index (χ0) is 22.2. The van der Waals surface area contributed by atoms with Crippen molar-refractivity contribution in [2.45, 2.75) is 18.8 Å². The van der Waals surface area contributed by atoms with Gasteiger partial charge in [-0.1, -0.05) is 18.2 Å². The molecular formula is C23H31IN4O4. The van der Waals surface area contributed by atoms with Crippen molar-refractivity contribution in [2.75, 3.05) is 46.8 Å². The molecule has 0 bridgehead atoms. The van der Waals surface area contributed by atoms with E-state index in [2.05, 4.69) is 27.0 Å². The number of carbonyl (C=O) groups excluding carboxylic acids is 1. The molecule has 0 fully saturated rings. The van der Waals surface area contributed by atoms with Gasteiger partial charge in [-0.2, -0.15) is 0 Å². The number of anilines is 1. The summed E-state index contributed by atoms with van der Waals surface area (Å²) in [6.07, 6.45) is 1.12. The third-order valence-electron chi connectivity index (χ3n) is 5.33. The van der Waals surface area contributed by atoms with Gasteiger partial charge in [0.1, 0.15) is 17.2 Å². The lowest BCUT2D eigenvalue weighted by Crippen LogP contribution is -2.41. The number of methoxy groups -OCH3 is 3. The number of guanidine groups is 1. The van der Waals surface area contributed by atoms with Crippen molar-refractivity contribution in [2.24, 2.45) is 4.99 Å². The molecule has 1 unspecified atom stereocenters. The molecule has 0 saturated heterocycles. The molecule has 1 heterocycles. The van der Waals surface area contributed by atoms with Crippen LogP contribution in [0.2, 0.25) is 0 Å². The monoisotopic (exact) mass is 554 g/mol. The largest absolute Gasteiger partial charge is 0.496 e. The molecule has 8 nitrogen and oxygen atoms in total. The highest BCUT2D eigenvalue weighted by atomic mass is 127. The van der Waals surface area contributed by atoms with Gasteiger partial charge in [-0.3, -0.25) is 9.79 Å². The number of ether oxygens (including phenoxy) is 3. The number of hydrogen-bond donors (Lipinski definition) is 3. The van der Waals surface area contributed by atoms with Gasteiger partial charge in [0.2, 0.25) is 5.91 Å². The van der Waals surface area contributed by atoms with E-state index in [4.69, 9.17) is 14.2 Å². The fourth-order valence-electron chi connectivity index (χ4n) is 3.75. The average Bonchev–Trinajstić information content (AvgIpc) is 2.80. The fourth-order valence-corrected chi connectivity index (χ4v) is 3.75. The van der Waals surface area contributed by atoms with Crippen LogP contribution in [0.1, 0.15) is 23.5 Å². The van der Waals surface area contributed by atoms with Crippen molar-refractivity contribution in [3.8, 4) is 17.2 Å². The lowest BCUT2D eigenvalue weighted by Gasteiger charge is -2.26. The summed E-state index contributed by atoms with van der Waals surface area (Å²) in [4.78, 5) is 16.3. The standard InChI is InChI=1S/C23H30N4O4.HI/c1-24-23(26-14-15-11-22(28)27-19-8-6-5-7-17(15)19)25-10-9-18-20(30-3)12-16(29-2)13-21(18)31-4;/h5-8,12-13,15H,9-11,14H2,1-4H3,(H,27,28)(H2,24,25,26);1H. The van der Waals surface area contributed by atoms with Crippen LogP contribution in [-0.2, 0) is 11.2 Å². The van der Waals surface area contributed by atoms with Crippen LogP contribution in [-0.4, -0.2) is 53.3 Å². The topological polar surface area (TPSA) is 93.2 Å². The first-order chi connectivity index (χ1) is 15.1. The Hall–Kier alpha value is -2.69. The van der Waals surface area contributed by atoms with Crippen molar-refractivity contribution in [1.29, 1.82) is 0 Å². The molecule has 0 saturated carbocycles. The number of halogens is 1. The zero-order valence-corrected chi connectivity index (χ0v) is 21.2. The molecule has 0 aromatic heterocycles. The van der Waals surface area contributed by atoms with E-state index in [1.54, 1.807) is 28.4 Å². The van der Waals surface area contributed by atoms with Crippen LogP contribution in [0.4, 0.5) is 5.69 Å². The van der Waals surface area contributed by atoms with Crippen LogP contribution in [0.5, 0.6) is 17.2 Å². The quantitative estimate of drug-likeness (QED) is 0.264. The number of nitrogens with zero attached hydrogens (tertiary/aromatic N) is 1. The van der Waals surface area contributed by atoms with E-state index in [1.807, 2.05) is 30.3 Å². The smallest absolute Gasteiger partial charge is 0.225 e. The normalized spacial score (nSPS) is 15.1. The number of nitrogens with one attached hydrogen (secondary N) is 3. The van der Waals surface area contributed by atoms with E-state index < -0.39 is 0 Å². The van der Waals surface area contributed by atoms with Crippen LogP contribution >= 0.6 is 24.0 Å². The number of rotatable bonds is 8. The predicted octanol–water partition coefficient (Wildman–Crippen LogP) is 3.16. The number of carbonyl (C=O) groups is 1. The van der Waals surface area contributed by atoms with Gasteiger partial charge in [-0.05, 0) is 18.1 Å². The molecule has 3 N–H and O–H groups in total. The van der Waals surface area contributed by atoms with Crippen LogP contribution in [0, 0.1) is 0 Å². The van der Waals surface area contributed by atoms with Crippen molar-refractivity contribution in [3.63, 3.8) is 0 Å². The van der Waals surface area contributed by atoms with E-state index in [9.17, 15) is 4.79 Å². The Kier molecular flexibility index (Phi) is 9.89. The SMILES string of the molecule is CN=C(NCCc1c(OC)cc(OC)cc1OC)NCC1CC(=O)Nc2ccccc21.I. The molecule has 0 radical (unpaired) electrons. The second kappa shape index (κ2) is 12.4. The molecule has 1 atom stereocenters. The molecule has 1 aliphatic heterocycles. The molecule has 174 valence electrons. The lowest BCUT2D eigenvalue weighted by atomic mass is 9.90. The zero-order valence-electron chi connectivity index (χ0n) is 18.9. The molecule has 1 amide bonds. The fraction of sp³-hybridized carbons (Fsp3) is 0.391. The maximum Gasteiger partial charge on any atom is 0.225 e. The second-order valence-corrected chi connectivity index (χ2v) is 7.18. The van der Waals surface area contributed by atoms with Gasteiger partial charge >= 0.3 is 0 Å². The third-order valence-corrected chi connectivity index (χ3v) is 5.33. The van der Waals surface area contributed by atoms with Gasteiger partial charge in [0.05, 0.1) is 21.3 Å². The Bertz CT molecular complexity index is 926. The van der Waals surface area contributed by atoms with E-state index in [1.165, 1.54) is 0 Å². The molecule has 9 heteroatoms. The second-order valence-electron chi connectivity index (χ2n) is 7.18. The van der Waals surface area contributed by atoms with Crippen LogP contribution in [0.15, 0.2) is 41.4 Å². The number of aliphatic imine (C=N–C) groups is 1. The molecule has 2 aromatic carbocycles. The third kappa shape index (κ3) is 6.18. The van der Waals surface area contributed by atoms with Gasteiger partial charge in [0, 0.05) is 55.9 Å². The minimum atomic E-state index is 0. The van der Waals surface area contributed by atoms with E-state index >= 15 is 0 Å². The van der Waals surface area contributed by atoms with Gasteiger partial charge < -0.3 is 30.2 Å². The summed E-state index contributed by atoms with van der Waals surface area (Å²) < 4.78 is 16.3. The number of benzene rings is 2. The summed E-state index contributed by atoms with van der Waals surface area (Å²) in [5, 5.41) is 9.59. The summed E-state index contributed by atoms with van der Waals surface area (Å²) >= 11 is 0. The van der Waals surface area contributed by atoms with Crippen molar-refractivity contribution >= 4 is 41.5 Å². The Morgan fingerprint density at radius 2 is 1.78 bits per heavy atom. The Balaban J connectivity index is 0.00000363. The predicted molar refractivity (Wildman–Crippen MR) is 137 cm³/mol. The molecule has 3 rings (SSSR count). The molecule has 0 aliphatic carbocycles. The van der Waals surface area contributed by atoms with Gasteiger partial charge in [0.25, 0.3) is 0 Å². The van der Waals surface area contributed by atoms with Gasteiger partial charge in [0.15, 0.2) is 5.96 Å². The molecule has 2 aromatic rings. The first-order valence-electron chi connectivity index (χ1n) is 10.2. The van der Waals surface area contributed by atoms with Gasteiger partial charge in [-0.25, -0.2) is 0 Å². The summed E-state index contributed by atoms with van der Waals surface area (Å²) in [5.74, 6) is 2.91. The number of hydrogen-bond acceptors (Lipinski definition) is 5. The van der Waals surface area contributed by atoms with Crippen LogP contribution < -0.4 is 30.2 Å². The number of fused-ring (bicyclic) bond motifs is 1. The Morgan fingerprint density at radius 3 is 2.41 bits per heavy atom. The van der Waals surface area contributed by atoms with E-state index in [0.717, 1.165) is 16.8 Å². The molecule has 1 aliphatic rings. The minimum Gasteiger partial charge on any atom is -0.496 e. The molecule has 32 heavy (non-hydrogen) atoms. The highest BCUT2D eigenvalue weighted by Gasteiger charge is 2.24. The number of amides is 1. The number of para-hydroxylation sites is 1. The Labute approximate surface area is 206 Å². The highest BCUT2D eigenvalue weighted by Crippen LogP contribution is 2.34. The summed E-state index contributed by atoms with van der Waals surface area (Å²) in [5.41, 5.74) is 2.97. The maximum atomic E-state index is 12.0. The molecular weight excluding hydrogens is 523 g/mol. The van der Waals surface area contributed by atoms with Crippen LogP contribution in [0.3, 0.4) is 0 Å². The minimum absolute atomic E-state index is 0. The first kappa shape index (κ1) is 25.6. The van der Waals surface area contributed by atoms with Crippen molar-refractivity contribution in [1.82, 2.24) is 10.6 Å².